The van der Waals surface area contributed by atoms with Crippen LogP contribution in [-0.4, -0.2) is 0 Å². The topological polar surface area (TPSA) is 0 Å². The van der Waals surface area contributed by atoms with Gasteiger partial charge in [-0.1, -0.05) is 121 Å². The molecule has 0 heteroatoms. The quantitative estimate of drug-likeness (QED) is 0.195. The molecule has 9 rings (SSSR count). The second-order valence-corrected chi connectivity index (χ2v) is 10.4. The zero-order chi connectivity index (χ0) is 24.1. The Kier molecular flexibility index (Phi) is 3.56. The predicted molar refractivity (Wildman–Crippen MR) is 155 cm³/mol. The van der Waals surface area contributed by atoms with Gasteiger partial charge >= 0.3 is 0 Å². The van der Waals surface area contributed by atoms with Crippen molar-refractivity contribution in [2.24, 2.45) is 0 Å². The Labute approximate surface area is 215 Å². The van der Waals surface area contributed by atoms with Crippen LogP contribution in [0.3, 0.4) is 0 Å². The maximum Gasteiger partial charge on any atom is 0.0725 e. The summed E-state index contributed by atoms with van der Waals surface area (Å²) in [4.78, 5) is 0. The van der Waals surface area contributed by atoms with Gasteiger partial charge < -0.3 is 0 Å². The number of benzene rings is 7. The van der Waals surface area contributed by atoms with Crippen molar-refractivity contribution in [2.45, 2.75) is 5.41 Å². The lowest BCUT2D eigenvalue weighted by atomic mass is 9.70. The van der Waals surface area contributed by atoms with Gasteiger partial charge in [-0.2, -0.15) is 0 Å². The molecule has 7 aromatic carbocycles. The van der Waals surface area contributed by atoms with Gasteiger partial charge in [-0.05, 0) is 89.0 Å². The Balaban J connectivity index is 1.54. The molecule has 0 aromatic heterocycles. The van der Waals surface area contributed by atoms with Crippen molar-refractivity contribution in [2.75, 3.05) is 0 Å². The molecule has 1 spiro atoms. The van der Waals surface area contributed by atoms with Crippen molar-refractivity contribution in [3.05, 3.63) is 156 Å². The molecule has 0 unspecified atom stereocenters. The van der Waals surface area contributed by atoms with Crippen LogP contribution in [0, 0.1) is 0 Å². The number of rotatable bonds is 0. The van der Waals surface area contributed by atoms with Crippen LogP contribution < -0.4 is 0 Å². The summed E-state index contributed by atoms with van der Waals surface area (Å²) in [6.45, 7) is 0. The van der Waals surface area contributed by atoms with E-state index in [4.69, 9.17) is 0 Å². The molecule has 0 saturated carbocycles. The molecular formula is C37H22. The molecule has 37 heavy (non-hydrogen) atoms. The third-order valence-corrected chi connectivity index (χ3v) is 8.86. The average Bonchev–Trinajstić information content (AvgIpc) is 3.44. The van der Waals surface area contributed by atoms with Gasteiger partial charge in [0.25, 0.3) is 0 Å². The zero-order valence-corrected chi connectivity index (χ0v) is 20.2. The van der Waals surface area contributed by atoms with Crippen molar-refractivity contribution in [1.29, 1.82) is 0 Å². The van der Waals surface area contributed by atoms with Crippen LogP contribution in [0.4, 0.5) is 0 Å². The molecule has 0 nitrogen and oxygen atoms in total. The zero-order valence-electron chi connectivity index (χ0n) is 20.2. The third kappa shape index (κ3) is 2.21. The fourth-order valence-electron chi connectivity index (χ4n) is 7.49. The van der Waals surface area contributed by atoms with Crippen molar-refractivity contribution >= 4 is 32.3 Å². The van der Waals surface area contributed by atoms with Gasteiger partial charge in [0.1, 0.15) is 0 Å². The molecule has 0 radical (unpaired) electrons. The monoisotopic (exact) mass is 466 g/mol. The largest absolute Gasteiger partial charge is 0.0725 e. The van der Waals surface area contributed by atoms with Gasteiger partial charge in [-0.25, -0.2) is 0 Å². The van der Waals surface area contributed by atoms with E-state index >= 15 is 0 Å². The smallest absolute Gasteiger partial charge is 0.0619 e. The standard InChI is InChI=1S/C37H22/c1-3-13-25-23(11-1)24-12-2-4-14-26(24)31-22-36-32(21-30(25)31)29-17-7-10-20-35(29)37(36)33-18-8-5-15-27(33)28-16-6-9-19-34(28)37/h1-22H. The summed E-state index contributed by atoms with van der Waals surface area (Å²) in [5.74, 6) is 0. The molecule has 170 valence electrons. The highest BCUT2D eigenvalue weighted by Crippen LogP contribution is 2.63. The molecule has 0 atom stereocenters. The number of hydrogen-bond donors (Lipinski definition) is 0. The second kappa shape index (κ2) is 6.75. The second-order valence-electron chi connectivity index (χ2n) is 10.4. The van der Waals surface area contributed by atoms with E-state index in [-0.39, 0.29) is 5.41 Å². The predicted octanol–water partition coefficient (Wildman–Crippen LogP) is 9.49. The Morgan fingerprint density at radius 1 is 0.270 bits per heavy atom. The number of fused-ring (bicyclic) bond motifs is 16. The van der Waals surface area contributed by atoms with Crippen molar-refractivity contribution in [3.8, 4) is 22.3 Å². The molecule has 0 heterocycles. The van der Waals surface area contributed by atoms with Crippen molar-refractivity contribution in [3.63, 3.8) is 0 Å². The molecule has 0 fully saturated rings. The van der Waals surface area contributed by atoms with Crippen molar-refractivity contribution in [1.82, 2.24) is 0 Å². The van der Waals surface area contributed by atoms with Gasteiger partial charge in [-0.15, -0.1) is 0 Å². The molecule has 0 saturated heterocycles. The first-order valence-corrected chi connectivity index (χ1v) is 13.0. The Hall–Kier alpha value is -4.68. The van der Waals surface area contributed by atoms with E-state index in [1.807, 2.05) is 0 Å². The van der Waals surface area contributed by atoms with Gasteiger partial charge in [-0.3, -0.25) is 0 Å². The third-order valence-electron chi connectivity index (χ3n) is 8.86. The molecule has 0 aliphatic heterocycles. The maximum atomic E-state index is 2.53. The van der Waals surface area contributed by atoms with E-state index in [0.29, 0.717) is 0 Å². The van der Waals surface area contributed by atoms with Gasteiger partial charge in [0.2, 0.25) is 0 Å². The summed E-state index contributed by atoms with van der Waals surface area (Å²) >= 11 is 0. The molecule has 0 amide bonds. The van der Waals surface area contributed by atoms with E-state index < -0.39 is 0 Å². The minimum absolute atomic E-state index is 0.306. The normalized spacial score (nSPS) is 14.2. The highest BCUT2D eigenvalue weighted by Gasteiger charge is 2.51. The summed E-state index contributed by atoms with van der Waals surface area (Å²) in [7, 11) is 0. The summed E-state index contributed by atoms with van der Waals surface area (Å²) in [5.41, 5.74) is 10.7. The van der Waals surface area contributed by atoms with Gasteiger partial charge in [0.05, 0.1) is 5.41 Å². The van der Waals surface area contributed by atoms with Crippen LogP contribution in [0.2, 0.25) is 0 Å². The first kappa shape index (κ1) is 19.5. The lowest BCUT2D eigenvalue weighted by molar-refractivity contribution is 0.795. The summed E-state index contributed by atoms with van der Waals surface area (Å²) in [5, 5.41) is 7.96. The molecule has 7 aromatic rings. The molecule has 0 bridgehead atoms. The Morgan fingerprint density at radius 2 is 0.622 bits per heavy atom. The van der Waals surface area contributed by atoms with Gasteiger partial charge in [0, 0.05) is 0 Å². The lowest BCUT2D eigenvalue weighted by Gasteiger charge is -2.30. The number of hydrogen-bond acceptors (Lipinski definition) is 0. The summed E-state index contributed by atoms with van der Waals surface area (Å²) < 4.78 is 0. The SMILES string of the molecule is c1ccc2c(c1)-c1ccccc1C21c2ccccc2-c2cc3c4ccccc4c4ccccc4c3cc21. The summed E-state index contributed by atoms with van der Waals surface area (Å²) in [6.07, 6.45) is 0. The fraction of sp³-hybridized carbons (Fsp3) is 0.0270. The Morgan fingerprint density at radius 3 is 1.11 bits per heavy atom. The van der Waals surface area contributed by atoms with Crippen LogP contribution in [0.25, 0.3) is 54.6 Å². The first-order chi connectivity index (χ1) is 18.4. The summed E-state index contributed by atoms with van der Waals surface area (Å²) in [6, 6.07) is 49.9. The minimum Gasteiger partial charge on any atom is -0.0619 e. The molecule has 0 N–H and O–H groups in total. The lowest BCUT2D eigenvalue weighted by Crippen LogP contribution is -2.25. The Bertz CT molecular complexity index is 2050. The fourth-order valence-corrected chi connectivity index (χ4v) is 7.49. The van der Waals surface area contributed by atoms with Crippen molar-refractivity contribution < 1.29 is 0 Å². The van der Waals surface area contributed by atoms with E-state index in [1.165, 1.54) is 76.8 Å². The van der Waals surface area contributed by atoms with Crippen LogP contribution in [-0.2, 0) is 5.41 Å². The highest BCUT2D eigenvalue weighted by atomic mass is 14.5. The molecular weight excluding hydrogens is 444 g/mol. The first-order valence-electron chi connectivity index (χ1n) is 13.0. The van der Waals surface area contributed by atoms with Crippen LogP contribution in [0.15, 0.2) is 133 Å². The molecule has 2 aliphatic rings. The molecule has 2 aliphatic carbocycles. The highest BCUT2D eigenvalue weighted by molar-refractivity contribution is 6.26. The van der Waals surface area contributed by atoms with Gasteiger partial charge in [0.15, 0.2) is 0 Å². The van der Waals surface area contributed by atoms with E-state index in [9.17, 15) is 0 Å². The van der Waals surface area contributed by atoms with E-state index in [1.54, 1.807) is 0 Å². The van der Waals surface area contributed by atoms with E-state index in [0.717, 1.165) is 0 Å². The average molecular weight is 467 g/mol. The van der Waals surface area contributed by atoms with E-state index in [2.05, 4.69) is 133 Å². The van der Waals surface area contributed by atoms with Crippen LogP contribution >= 0.6 is 0 Å². The minimum atomic E-state index is -0.306. The van der Waals surface area contributed by atoms with Crippen LogP contribution in [0.1, 0.15) is 22.3 Å². The maximum absolute atomic E-state index is 2.53. The van der Waals surface area contributed by atoms with Crippen LogP contribution in [0.5, 0.6) is 0 Å².